The maximum Gasteiger partial charge on any atom is 0.315 e. The highest BCUT2D eigenvalue weighted by atomic mass is 16.4. The zero-order valence-electron chi connectivity index (χ0n) is 13.4. The first kappa shape index (κ1) is 17.0. The van der Waals surface area contributed by atoms with Crippen LogP contribution in [0.4, 0.5) is 6.01 Å². The molecule has 0 spiro atoms. The second-order valence-corrected chi connectivity index (χ2v) is 5.75. The van der Waals surface area contributed by atoms with Gasteiger partial charge in [-0.05, 0) is 25.8 Å². The molecule has 0 bridgehead atoms. The Labute approximate surface area is 122 Å². The van der Waals surface area contributed by atoms with E-state index in [0.29, 0.717) is 11.9 Å². The van der Waals surface area contributed by atoms with Gasteiger partial charge in [-0.2, -0.15) is 0 Å². The summed E-state index contributed by atoms with van der Waals surface area (Å²) >= 11 is 0. The van der Waals surface area contributed by atoms with Crippen molar-refractivity contribution >= 4 is 6.01 Å². The molecule has 0 fully saturated rings. The molecule has 5 heteroatoms. The van der Waals surface area contributed by atoms with Crippen molar-refractivity contribution in [2.75, 3.05) is 18.4 Å². The van der Waals surface area contributed by atoms with Crippen molar-refractivity contribution in [3.63, 3.8) is 0 Å². The van der Waals surface area contributed by atoms with E-state index in [0.717, 1.165) is 25.4 Å². The molecule has 0 saturated heterocycles. The lowest BCUT2D eigenvalue weighted by Crippen LogP contribution is -2.17. The summed E-state index contributed by atoms with van der Waals surface area (Å²) in [5.74, 6) is 1.47. The average molecular weight is 282 g/mol. The van der Waals surface area contributed by atoms with Gasteiger partial charge in [0, 0.05) is 6.54 Å². The normalized spacial score (nSPS) is 12.8. The number of hydrogen-bond donors (Lipinski definition) is 2. The predicted molar refractivity (Wildman–Crippen MR) is 82.8 cm³/mol. The molecule has 0 aliphatic carbocycles. The van der Waals surface area contributed by atoms with E-state index in [-0.39, 0.29) is 6.04 Å². The molecule has 1 aromatic heterocycles. The van der Waals surface area contributed by atoms with Crippen molar-refractivity contribution in [3.05, 3.63) is 5.89 Å². The van der Waals surface area contributed by atoms with Crippen LogP contribution in [0.3, 0.4) is 0 Å². The van der Waals surface area contributed by atoms with Crippen LogP contribution in [0.5, 0.6) is 0 Å². The molecule has 0 saturated carbocycles. The van der Waals surface area contributed by atoms with Crippen LogP contribution in [0.1, 0.15) is 71.7 Å². The molecule has 0 aliphatic rings. The van der Waals surface area contributed by atoms with Gasteiger partial charge in [0.15, 0.2) is 0 Å². The molecule has 2 N–H and O–H groups in total. The van der Waals surface area contributed by atoms with Crippen LogP contribution in [0.15, 0.2) is 4.42 Å². The lowest BCUT2D eigenvalue weighted by molar-refractivity contribution is 0.428. The van der Waals surface area contributed by atoms with Crippen LogP contribution >= 0.6 is 0 Å². The summed E-state index contributed by atoms with van der Waals surface area (Å²) in [5, 5.41) is 14.5. The molecule has 1 unspecified atom stereocenters. The lowest BCUT2D eigenvalue weighted by Gasteiger charge is -2.06. The third-order valence-corrected chi connectivity index (χ3v) is 3.31. The minimum Gasteiger partial charge on any atom is -0.406 e. The van der Waals surface area contributed by atoms with Crippen LogP contribution in [0.25, 0.3) is 0 Å². The number of rotatable bonds is 11. The first-order chi connectivity index (χ1) is 9.63. The highest BCUT2D eigenvalue weighted by Crippen LogP contribution is 2.14. The van der Waals surface area contributed by atoms with Gasteiger partial charge in [0.05, 0.1) is 6.04 Å². The molecule has 1 atom stereocenters. The molecule has 1 rings (SSSR count). The highest BCUT2D eigenvalue weighted by Gasteiger charge is 2.11. The van der Waals surface area contributed by atoms with Gasteiger partial charge in [0.25, 0.3) is 0 Å². The van der Waals surface area contributed by atoms with Gasteiger partial charge in [-0.15, -0.1) is 5.10 Å². The number of aromatic nitrogens is 2. The minimum atomic E-state index is 0.110. The summed E-state index contributed by atoms with van der Waals surface area (Å²) in [7, 11) is 0. The molecule has 1 heterocycles. The first-order valence-corrected chi connectivity index (χ1v) is 7.94. The zero-order valence-corrected chi connectivity index (χ0v) is 13.4. The van der Waals surface area contributed by atoms with Gasteiger partial charge in [-0.25, -0.2) is 0 Å². The van der Waals surface area contributed by atoms with Crippen LogP contribution in [0.2, 0.25) is 0 Å². The van der Waals surface area contributed by atoms with E-state index < -0.39 is 0 Å². The van der Waals surface area contributed by atoms with E-state index >= 15 is 0 Å². The molecule has 0 radical (unpaired) electrons. The fourth-order valence-corrected chi connectivity index (χ4v) is 2.10. The van der Waals surface area contributed by atoms with E-state index in [1.807, 2.05) is 6.92 Å². The standard InChI is InChI=1S/C15H30N4O/c1-5-16-13(4)14-18-19-15(20-14)17-11-9-7-6-8-10-12(2)3/h12-13,16H,5-11H2,1-4H3,(H,17,19). The number of nitrogens with zero attached hydrogens (tertiary/aromatic N) is 2. The number of hydrogen-bond acceptors (Lipinski definition) is 5. The maximum atomic E-state index is 5.56. The molecule has 0 amide bonds. The Morgan fingerprint density at radius 3 is 2.50 bits per heavy atom. The van der Waals surface area contributed by atoms with Crippen molar-refractivity contribution in [1.29, 1.82) is 0 Å². The van der Waals surface area contributed by atoms with Crippen LogP contribution < -0.4 is 10.6 Å². The lowest BCUT2D eigenvalue weighted by atomic mass is 10.0. The smallest absolute Gasteiger partial charge is 0.315 e. The quantitative estimate of drug-likeness (QED) is 0.605. The van der Waals surface area contributed by atoms with E-state index in [1.54, 1.807) is 0 Å². The van der Waals surface area contributed by atoms with Crippen molar-refractivity contribution in [2.24, 2.45) is 5.92 Å². The Kier molecular flexibility index (Phi) is 8.26. The molecule has 1 aromatic rings. The monoisotopic (exact) mass is 282 g/mol. The van der Waals surface area contributed by atoms with Crippen molar-refractivity contribution in [1.82, 2.24) is 15.5 Å². The summed E-state index contributed by atoms with van der Waals surface area (Å²) in [6.07, 6.45) is 6.39. The molecule has 5 nitrogen and oxygen atoms in total. The van der Waals surface area contributed by atoms with Crippen LogP contribution in [-0.4, -0.2) is 23.3 Å². The Morgan fingerprint density at radius 2 is 1.80 bits per heavy atom. The number of anilines is 1. The third-order valence-electron chi connectivity index (χ3n) is 3.31. The summed E-state index contributed by atoms with van der Waals surface area (Å²) in [5.41, 5.74) is 0. The van der Waals surface area contributed by atoms with E-state index in [4.69, 9.17) is 4.42 Å². The van der Waals surface area contributed by atoms with Gasteiger partial charge < -0.3 is 15.1 Å². The molecule has 0 aliphatic heterocycles. The topological polar surface area (TPSA) is 63.0 Å². The largest absolute Gasteiger partial charge is 0.406 e. The Balaban J connectivity index is 2.10. The summed E-state index contributed by atoms with van der Waals surface area (Å²) in [6, 6.07) is 0.644. The number of unbranched alkanes of at least 4 members (excludes halogenated alkanes) is 3. The molecule has 0 aromatic carbocycles. The third kappa shape index (κ3) is 6.89. The molecule has 20 heavy (non-hydrogen) atoms. The van der Waals surface area contributed by atoms with Gasteiger partial charge in [-0.3, -0.25) is 0 Å². The Hall–Kier alpha value is -1.10. The van der Waals surface area contributed by atoms with Gasteiger partial charge in [0.1, 0.15) is 0 Å². The second kappa shape index (κ2) is 9.75. The minimum absolute atomic E-state index is 0.110. The highest BCUT2D eigenvalue weighted by molar-refractivity contribution is 5.16. The predicted octanol–water partition coefficient (Wildman–Crippen LogP) is 3.76. The van der Waals surface area contributed by atoms with E-state index in [9.17, 15) is 0 Å². The fourth-order valence-electron chi connectivity index (χ4n) is 2.10. The van der Waals surface area contributed by atoms with Crippen molar-refractivity contribution in [3.8, 4) is 0 Å². The zero-order chi connectivity index (χ0) is 14.8. The van der Waals surface area contributed by atoms with Gasteiger partial charge in [0.2, 0.25) is 5.89 Å². The summed E-state index contributed by atoms with van der Waals surface area (Å²) < 4.78 is 5.56. The van der Waals surface area contributed by atoms with Gasteiger partial charge in [-0.1, -0.05) is 51.6 Å². The van der Waals surface area contributed by atoms with Gasteiger partial charge >= 0.3 is 6.01 Å². The first-order valence-electron chi connectivity index (χ1n) is 7.94. The second-order valence-electron chi connectivity index (χ2n) is 5.75. The Bertz CT molecular complexity index is 351. The fraction of sp³-hybridized carbons (Fsp3) is 0.867. The molecule has 116 valence electrons. The SMILES string of the molecule is CCNC(C)c1nnc(NCCCCCCC(C)C)o1. The Morgan fingerprint density at radius 1 is 1.05 bits per heavy atom. The molecular weight excluding hydrogens is 252 g/mol. The van der Waals surface area contributed by atoms with Crippen LogP contribution in [0, 0.1) is 5.92 Å². The number of nitrogens with one attached hydrogen (secondary N) is 2. The summed E-state index contributed by atoms with van der Waals surface area (Å²) in [4.78, 5) is 0. The average Bonchev–Trinajstić information content (AvgIpc) is 2.86. The van der Waals surface area contributed by atoms with E-state index in [1.165, 1.54) is 25.7 Å². The van der Waals surface area contributed by atoms with Crippen molar-refractivity contribution < 1.29 is 4.42 Å². The van der Waals surface area contributed by atoms with Crippen molar-refractivity contribution in [2.45, 2.75) is 65.8 Å². The molecular formula is C15H30N4O. The van der Waals surface area contributed by atoms with Crippen LogP contribution in [-0.2, 0) is 0 Å². The maximum absolute atomic E-state index is 5.56. The van der Waals surface area contributed by atoms with E-state index in [2.05, 4.69) is 41.6 Å². The summed E-state index contributed by atoms with van der Waals surface area (Å²) in [6.45, 7) is 10.4.